The van der Waals surface area contributed by atoms with Crippen molar-refractivity contribution in [2.45, 2.75) is 96.9 Å². The molecule has 0 amide bonds. The summed E-state index contributed by atoms with van der Waals surface area (Å²) < 4.78 is 0. The molecule has 0 aromatic heterocycles. The number of hydrogen-bond acceptors (Lipinski definition) is 1. The van der Waals surface area contributed by atoms with E-state index in [9.17, 15) is 0 Å². The molecule has 0 saturated carbocycles. The van der Waals surface area contributed by atoms with Gasteiger partial charge in [-0.3, -0.25) is 0 Å². The van der Waals surface area contributed by atoms with Gasteiger partial charge in [-0.2, -0.15) is 0 Å². The third kappa shape index (κ3) is 7.84. The van der Waals surface area contributed by atoms with Gasteiger partial charge in [0.25, 0.3) is 0 Å². The van der Waals surface area contributed by atoms with Crippen LogP contribution in [0.4, 0.5) is 0 Å². The van der Waals surface area contributed by atoms with Gasteiger partial charge in [0.1, 0.15) is 0 Å². The van der Waals surface area contributed by atoms with Crippen LogP contribution in [0.15, 0.2) is 36.4 Å². The third-order valence-electron chi connectivity index (χ3n) is 5.57. The zero-order chi connectivity index (χ0) is 18.6. The normalized spacial score (nSPS) is 12.1. The van der Waals surface area contributed by atoms with Crippen LogP contribution in [-0.4, -0.2) is 0 Å². The van der Waals surface area contributed by atoms with Crippen molar-refractivity contribution in [2.24, 2.45) is 5.73 Å². The maximum absolute atomic E-state index is 6.69. The highest BCUT2D eigenvalue weighted by Gasteiger charge is 2.14. The Morgan fingerprint density at radius 1 is 0.741 bits per heavy atom. The van der Waals surface area contributed by atoms with Gasteiger partial charge in [-0.05, 0) is 34.7 Å². The molecule has 2 heteroatoms. The summed E-state index contributed by atoms with van der Waals surface area (Å²) in [4.78, 5) is 0. The van der Waals surface area contributed by atoms with Gasteiger partial charge in [-0.15, -0.1) is 12.4 Å². The molecule has 0 spiro atoms. The monoisotopic (exact) mass is 389 g/mol. The largest absolute Gasteiger partial charge is 0.324 e. The Labute approximate surface area is 173 Å². The topological polar surface area (TPSA) is 26.0 Å². The SMILES string of the molecule is CCCCCCCCCCCC(N)c1c(CCC)ccc2ccccc12.Cl. The fourth-order valence-corrected chi connectivity index (χ4v) is 4.09. The summed E-state index contributed by atoms with van der Waals surface area (Å²) in [6.45, 7) is 4.54. The molecular weight excluding hydrogens is 350 g/mol. The van der Waals surface area contributed by atoms with E-state index < -0.39 is 0 Å². The van der Waals surface area contributed by atoms with Gasteiger partial charge in [0.05, 0.1) is 0 Å². The maximum Gasteiger partial charge on any atom is 0.0303 e. The lowest BCUT2D eigenvalue weighted by Gasteiger charge is -2.19. The van der Waals surface area contributed by atoms with Gasteiger partial charge in [0, 0.05) is 6.04 Å². The van der Waals surface area contributed by atoms with Crippen molar-refractivity contribution >= 4 is 23.2 Å². The minimum atomic E-state index is 0. The van der Waals surface area contributed by atoms with Crippen molar-refractivity contribution in [3.8, 4) is 0 Å². The Balaban J connectivity index is 0.00000364. The van der Waals surface area contributed by atoms with E-state index in [-0.39, 0.29) is 18.4 Å². The first-order valence-corrected chi connectivity index (χ1v) is 11.0. The number of hydrogen-bond donors (Lipinski definition) is 1. The highest BCUT2D eigenvalue weighted by molar-refractivity contribution is 5.87. The lowest BCUT2D eigenvalue weighted by Crippen LogP contribution is -2.13. The highest BCUT2D eigenvalue weighted by Crippen LogP contribution is 2.30. The number of fused-ring (bicyclic) bond motifs is 1. The van der Waals surface area contributed by atoms with Gasteiger partial charge >= 0.3 is 0 Å². The molecule has 2 N–H and O–H groups in total. The molecule has 1 nitrogen and oxygen atoms in total. The van der Waals surface area contributed by atoms with E-state index >= 15 is 0 Å². The summed E-state index contributed by atoms with van der Waals surface area (Å²) in [5, 5.41) is 2.69. The molecule has 0 aliphatic carbocycles. The second-order valence-corrected chi connectivity index (χ2v) is 7.83. The summed E-state index contributed by atoms with van der Waals surface area (Å²) in [7, 11) is 0. The maximum atomic E-state index is 6.69. The molecule has 0 bridgehead atoms. The first-order valence-electron chi connectivity index (χ1n) is 11.0. The summed E-state index contributed by atoms with van der Waals surface area (Å²) in [5.41, 5.74) is 9.55. The predicted molar refractivity (Wildman–Crippen MR) is 124 cm³/mol. The molecule has 1 unspecified atom stereocenters. The summed E-state index contributed by atoms with van der Waals surface area (Å²) >= 11 is 0. The summed E-state index contributed by atoms with van der Waals surface area (Å²) in [6.07, 6.45) is 15.8. The van der Waals surface area contributed by atoms with E-state index in [1.54, 1.807) is 0 Å². The Kier molecular flexibility index (Phi) is 12.5. The molecule has 0 fully saturated rings. The first-order chi connectivity index (χ1) is 12.8. The summed E-state index contributed by atoms with van der Waals surface area (Å²) in [5.74, 6) is 0. The smallest absolute Gasteiger partial charge is 0.0303 e. The number of nitrogens with two attached hydrogens (primary N) is 1. The number of rotatable bonds is 13. The third-order valence-corrected chi connectivity index (χ3v) is 5.57. The van der Waals surface area contributed by atoms with Crippen molar-refractivity contribution in [3.05, 3.63) is 47.5 Å². The molecule has 2 aromatic carbocycles. The molecule has 0 aliphatic heterocycles. The molecule has 2 aromatic rings. The molecule has 2 rings (SSSR count). The molecule has 0 heterocycles. The van der Waals surface area contributed by atoms with Crippen LogP contribution in [0, 0.1) is 0 Å². The standard InChI is InChI=1S/C25H39N.ClH/c1-3-5-6-7-8-9-10-11-12-18-24(26)25-22(15-4-2)20-19-21-16-13-14-17-23(21)25;/h13-14,16-17,19-20,24H,3-12,15,18,26H2,1-2H3;1H. The van der Waals surface area contributed by atoms with Gasteiger partial charge in [0.2, 0.25) is 0 Å². The van der Waals surface area contributed by atoms with Crippen LogP contribution in [0.3, 0.4) is 0 Å². The van der Waals surface area contributed by atoms with Crippen LogP contribution in [0.5, 0.6) is 0 Å². The van der Waals surface area contributed by atoms with E-state index in [0.717, 1.165) is 12.8 Å². The molecule has 0 saturated heterocycles. The minimum absolute atomic E-state index is 0. The van der Waals surface area contributed by atoms with Crippen LogP contribution >= 0.6 is 12.4 Å². The lowest BCUT2D eigenvalue weighted by atomic mass is 9.89. The van der Waals surface area contributed by atoms with Crippen molar-refractivity contribution in [3.63, 3.8) is 0 Å². The van der Waals surface area contributed by atoms with Gasteiger partial charge < -0.3 is 5.73 Å². The van der Waals surface area contributed by atoms with Gasteiger partial charge in [-0.1, -0.05) is 114 Å². The Hall–Kier alpha value is -1.05. The van der Waals surface area contributed by atoms with Gasteiger partial charge in [-0.25, -0.2) is 0 Å². The number of halogens is 1. The van der Waals surface area contributed by atoms with Crippen molar-refractivity contribution < 1.29 is 0 Å². The molecule has 27 heavy (non-hydrogen) atoms. The van der Waals surface area contributed by atoms with Crippen LogP contribution in [0.1, 0.15) is 102 Å². The van der Waals surface area contributed by atoms with E-state index in [1.807, 2.05) is 0 Å². The Morgan fingerprint density at radius 2 is 1.37 bits per heavy atom. The zero-order valence-corrected chi connectivity index (χ0v) is 18.3. The predicted octanol–water partition coefficient (Wildman–Crippen LogP) is 8.13. The number of benzene rings is 2. The Morgan fingerprint density at radius 3 is 2.04 bits per heavy atom. The lowest BCUT2D eigenvalue weighted by molar-refractivity contribution is 0.532. The second kappa shape index (κ2) is 14.0. The van der Waals surface area contributed by atoms with E-state index in [2.05, 4.69) is 50.2 Å². The Bertz CT molecular complexity index is 637. The zero-order valence-electron chi connectivity index (χ0n) is 17.5. The molecule has 0 aliphatic rings. The van der Waals surface area contributed by atoms with Crippen LogP contribution in [0.2, 0.25) is 0 Å². The fraction of sp³-hybridized carbons (Fsp3) is 0.600. The summed E-state index contributed by atoms with van der Waals surface area (Å²) in [6, 6.07) is 13.5. The molecule has 1 atom stereocenters. The van der Waals surface area contributed by atoms with Crippen LogP contribution in [-0.2, 0) is 6.42 Å². The van der Waals surface area contributed by atoms with E-state index in [0.29, 0.717) is 0 Å². The second-order valence-electron chi connectivity index (χ2n) is 7.83. The van der Waals surface area contributed by atoms with Crippen LogP contribution in [0.25, 0.3) is 10.8 Å². The first kappa shape index (κ1) is 24.0. The molecule has 152 valence electrons. The minimum Gasteiger partial charge on any atom is -0.324 e. The number of unbranched alkanes of at least 4 members (excludes halogenated alkanes) is 8. The highest BCUT2D eigenvalue weighted by atomic mass is 35.5. The fourth-order valence-electron chi connectivity index (χ4n) is 4.09. The number of aryl methyl sites for hydroxylation is 1. The molecular formula is C25H40ClN. The molecule has 0 radical (unpaired) electrons. The quantitative estimate of drug-likeness (QED) is 0.343. The van der Waals surface area contributed by atoms with Crippen molar-refractivity contribution in [2.75, 3.05) is 0 Å². The van der Waals surface area contributed by atoms with E-state index in [1.165, 1.54) is 86.1 Å². The van der Waals surface area contributed by atoms with Crippen molar-refractivity contribution in [1.82, 2.24) is 0 Å². The van der Waals surface area contributed by atoms with Gasteiger partial charge in [0.15, 0.2) is 0 Å². The van der Waals surface area contributed by atoms with Crippen LogP contribution < -0.4 is 5.73 Å². The van der Waals surface area contributed by atoms with Crippen molar-refractivity contribution in [1.29, 1.82) is 0 Å². The average molecular weight is 390 g/mol. The average Bonchev–Trinajstić information content (AvgIpc) is 2.66. The van der Waals surface area contributed by atoms with E-state index in [4.69, 9.17) is 5.73 Å².